The zero-order chi connectivity index (χ0) is 14.8. The van der Waals surface area contributed by atoms with Gasteiger partial charge in [0.05, 0.1) is 11.7 Å². The van der Waals surface area contributed by atoms with Gasteiger partial charge in [0.2, 0.25) is 0 Å². The largest absolute Gasteiger partial charge is 0.393 e. The van der Waals surface area contributed by atoms with E-state index in [9.17, 15) is 5.11 Å². The number of aromatic nitrogens is 1. The molecule has 1 fully saturated rings. The van der Waals surface area contributed by atoms with E-state index in [4.69, 9.17) is 5.73 Å². The minimum Gasteiger partial charge on any atom is -0.393 e. The molecule has 0 radical (unpaired) electrons. The maximum Gasteiger partial charge on any atom is 0.147 e. The van der Waals surface area contributed by atoms with Gasteiger partial charge < -0.3 is 15.7 Å². The molecule has 1 aliphatic rings. The summed E-state index contributed by atoms with van der Waals surface area (Å²) in [5, 5.41) is 10.9. The van der Waals surface area contributed by atoms with Gasteiger partial charge in [-0.2, -0.15) is 4.37 Å². The van der Waals surface area contributed by atoms with E-state index in [1.54, 1.807) is 0 Å². The third-order valence-corrected chi connectivity index (χ3v) is 5.20. The minimum absolute atomic E-state index is 0.215. The number of nitrogens with two attached hydrogens (primary N) is 1. The Labute approximate surface area is 129 Å². The molecule has 1 unspecified atom stereocenters. The molecule has 1 saturated heterocycles. The molecular formula is C16H21N3OS. The van der Waals surface area contributed by atoms with E-state index in [1.807, 2.05) is 25.1 Å². The molecule has 0 aliphatic carbocycles. The maximum atomic E-state index is 9.72. The summed E-state index contributed by atoms with van der Waals surface area (Å²) < 4.78 is 4.35. The first-order chi connectivity index (χ1) is 10.2. The number of anilines is 2. The molecule has 2 aromatic rings. The van der Waals surface area contributed by atoms with E-state index >= 15 is 0 Å². The van der Waals surface area contributed by atoms with Gasteiger partial charge in [-0.1, -0.05) is 30.3 Å². The van der Waals surface area contributed by atoms with Gasteiger partial charge in [-0.15, -0.1) is 0 Å². The van der Waals surface area contributed by atoms with Crippen LogP contribution < -0.4 is 10.6 Å². The first-order valence-electron chi connectivity index (χ1n) is 7.40. The summed E-state index contributed by atoms with van der Waals surface area (Å²) in [6.45, 7) is 3.80. The van der Waals surface area contributed by atoms with Gasteiger partial charge in [-0.05, 0) is 42.8 Å². The molecular weight excluding hydrogens is 282 g/mol. The van der Waals surface area contributed by atoms with Crippen LogP contribution in [0.3, 0.4) is 0 Å². The molecule has 1 aromatic heterocycles. The number of aliphatic hydroxyl groups excluding tert-OH is 1. The van der Waals surface area contributed by atoms with Crippen LogP contribution in [-0.2, 0) is 0 Å². The quantitative estimate of drug-likeness (QED) is 0.915. The Hall–Kier alpha value is -1.59. The molecule has 2 heterocycles. The summed E-state index contributed by atoms with van der Waals surface area (Å²) in [6, 6.07) is 10.2. The minimum atomic E-state index is -0.215. The van der Waals surface area contributed by atoms with Crippen LogP contribution in [0.1, 0.15) is 19.8 Å². The van der Waals surface area contributed by atoms with Gasteiger partial charge in [-0.25, -0.2) is 0 Å². The molecule has 3 N–H and O–H groups in total. The topological polar surface area (TPSA) is 62.4 Å². The number of piperidine rings is 1. The van der Waals surface area contributed by atoms with Crippen molar-refractivity contribution in [2.24, 2.45) is 5.92 Å². The van der Waals surface area contributed by atoms with E-state index in [0.717, 1.165) is 42.1 Å². The number of hydrogen-bond donors (Lipinski definition) is 2. The second-order valence-electron chi connectivity index (χ2n) is 5.68. The summed E-state index contributed by atoms with van der Waals surface area (Å²) in [5.41, 5.74) is 8.26. The van der Waals surface area contributed by atoms with Gasteiger partial charge in [0.15, 0.2) is 0 Å². The summed E-state index contributed by atoms with van der Waals surface area (Å²) in [4.78, 5) is 2.36. The average molecular weight is 303 g/mol. The monoisotopic (exact) mass is 303 g/mol. The van der Waals surface area contributed by atoms with Crippen LogP contribution >= 0.6 is 11.5 Å². The number of rotatable bonds is 3. The fourth-order valence-electron chi connectivity index (χ4n) is 2.97. The Bertz CT molecular complexity index is 589. The van der Waals surface area contributed by atoms with Crippen molar-refractivity contribution in [3.63, 3.8) is 0 Å². The van der Waals surface area contributed by atoms with Crippen molar-refractivity contribution in [2.45, 2.75) is 25.9 Å². The predicted molar refractivity (Wildman–Crippen MR) is 88.6 cm³/mol. The van der Waals surface area contributed by atoms with Gasteiger partial charge >= 0.3 is 0 Å². The SMILES string of the molecule is CC(O)C1CCN(c2snc(N)c2-c2ccccc2)CC1. The second kappa shape index (κ2) is 6.03. The van der Waals surface area contributed by atoms with Crippen LogP contribution in [0.5, 0.6) is 0 Å². The van der Waals surface area contributed by atoms with Crippen molar-refractivity contribution in [3.05, 3.63) is 30.3 Å². The van der Waals surface area contributed by atoms with Crippen LogP contribution in [0.4, 0.5) is 10.8 Å². The number of nitrogens with zero attached hydrogens (tertiary/aromatic N) is 2. The normalized spacial score (nSPS) is 17.9. The Kier molecular flexibility index (Phi) is 4.12. The van der Waals surface area contributed by atoms with Crippen LogP contribution in [-0.4, -0.2) is 28.7 Å². The molecule has 1 aromatic carbocycles. The lowest BCUT2D eigenvalue weighted by Gasteiger charge is -2.34. The zero-order valence-corrected chi connectivity index (χ0v) is 13.0. The number of benzene rings is 1. The summed E-state index contributed by atoms with van der Waals surface area (Å²) >= 11 is 1.48. The molecule has 0 bridgehead atoms. The smallest absolute Gasteiger partial charge is 0.147 e. The van der Waals surface area contributed by atoms with Gasteiger partial charge in [0, 0.05) is 13.1 Å². The molecule has 0 amide bonds. The standard InChI is InChI=1S/C16H21N3OS/c1-11(20)12-7-9-19(10-8-12)16-14(15(17)18-21-16)13-5-3-2-4-6-13/h2-6,11-12,20H,7-10H2,1H3,(H2,17,18). The Morgan fingerprint density at radius 2 is 1.95 bits per heavy atom. The number of aliphatic hydroxyl groups is 1. The fraction of sp³-hybridized carbons (Fsp3) is 0.438. The fourth-order valence-corrected chi connectivity index (χ4v) is 3.86. The first-order valence-corrected chi connectivity index (χ1v) is 8.17. The highest BCUT2D eigenvalue weighted by Gasteiger charge is 2.26. The lowest BCUT2D eigenvalue weighted by molar-refractivity contribution is 0.110. The summed E-state index contributed by atoms with van der Waals surface area (Å²) in [5.74, 6) is 1.02. The molecule has 0 spiro atoms. The third-order valence-electron chi connectivity index (χ3n) is 4.27. The van der Waals surface area contributed by atoms with Crippen LogP contribution in [0, 0.1) is 5.92 Å². The van der Waals surface area contributed by atoms with Gasteiger partial charge in [-0.3, -0.25) is 0 Å². The van der Waals surface area contributed by atoms with Gasteiger partial charge in [0.25, 0.3) is 0 Å². The van der Waals surface area contributed by atoms with E-state index in [2.05, 4.69) is 21.4 Å². The van der Waals surface area contributed by atoms with E-state index < -0.39 is 0 Å². The highest BCUT2D eigenvalue weighted by molar-refractivity contribution is 7.11. The van der Waals surface area contributed by atoms with Crippen LogP contribution in [0.15, 0.2) is 30.3 Å². The molecule has 112 valence electrons. The Morgan fingerprint density at radius 1 is 1.29 bits per heavy atom. The average Bonchev–Trinajstić information content (AvgIpc) is 2.90. The van der Waals surface area contributed by atoms with E-state index in [1.165, 1.54) is 11.5 Å². The van der Waals surface area contributed by atoms with Crippen molar-refractivity contribution in [3.8, 4) is 11.1 Å². The van der Waals surface area contributed by atoms with Crippen molar-refractivity contribution in [2.75, 3.05) is 23.7 Å². The molecule has 3 rings (SSSR count). The van der Waals surface area contributed by atoms with Crippen molar-refractivity contribution in [1.82, 2.24) is 4.37 Å². The number of nitrogen functional groups attached to an aromatic ring is 1. The molecule has 1 aliphatic heterocycles. The lowest BCUT2D eigenvalue weighted by atomic mass is 9.92. The van der Waals surface area contributed by atoms with Crippen LogP contribution in [0.2, 0.25) is 0 Å². The third kappa shape index (κ3) is 2.89. The molecule has 5 heteroatoms. The van der Waals surface area contributed by atoms with E-state index in [-0.39, 0.29) is 6.10 Å². The Morgan fingerprint density at radius 3 is 2.57 bits per heavy atom. The maximum absolute atomic E-state index is 9.72. The molecule has 4 nitrogen and oxygen atoms in total. The van der Waals surface area contributed by atoms with Crippen LogP contribution in [0.25, 0.3) is 11.1 Å². The van der Waals surface area contributed by atoms with E-state index in [0.29, 0.717) is 11.7 Å². The second-order valence-corrected chi connectivity index (χ2v) is 6.43. The van der Waals surface area contributed by atoms with Crippen molar-refractivity contribution < 1.29 is 5.11 Å². The van der Waals surface area contributed by atoms with Gasteiger partial charge in [0.1, 0.15) is 10.8 Å². The number of hydrogen-bond acceptors (Lipinski definition) is 5. The van der Waals surface area contributed by atoms with Crippen molar-refractivity contribution >= 4 is 22.4 Å². The zero-order valence-electron chi connectivity index (χ0n) is 12.2. The highest BCUT2D eigenvalue weighted by atomic mass is 32.1. The lowest BCUT2D eigenvalue weighted by Crippen LogP contribution is -2.36. The predicted octanol–water partition coefficient (Wildman–Crippen LogP) is 2.99. The summed E-state index contributed by atoms with van der Waals surface area (Å²) in [6.07, 6.45) is 1.82. The molecule has 0 saturated carbocycles. The highest BCUT2D eigenvalue weighted by Crippen LogP contribution is 2.40. The molecule has 21 heavy (non-hydrogen) atoms. The summed E-state index contributed by atoms with van der Waals surface area (Å²) in [7, 11) is 0. The first kappa shape index (κ1) is 14.4. The molecule has 1 atom stereocenters. The Balaban J connectivity index is 1.85. The van der Waals surface area contributed by atoms with Crippen molar-refractivity contribution in [1.29, 1.82) is 0 Å².